The van der Waals surface area contributed by atoms with E-state index < -0.39 is 0 Å². The normalized spacial score (nSPS) is 10.2. The van der Waals surface area contributed by atoms with Crippen LogP contribution >= 0.6 is 11.3 Å². The van der Waals surface area contributed by atoms with E-state index in [1.165, 1.54) is 4.88 Å². The van der Waals surface area contributed by atoms with Gasteiger partial charge in [-0.05, 0) is 26.0 Å². The van der Waals surface area contributed by atoms with Crippen molar-refractivity contribution in [1.82, 2.24) is 4.98 Å². The van der Waals surface area contributed by atoms with Crippen LogP contribution in [0.1, 0.15) is 10.6 Å². The molecule has 4 heteroatoms. The van der Waals surface area contributed by atoms with Crippen LogP contribution in [0.25, 0.3) is 0 Å². The fourth-order valence-corrected chi connectivity index (χ4v) is 2.22. The summed E-state index contributed by atoms with van der Waals surface area (Å²) in [6.07, 6.45) is 0. The largest absolute Gasteiger partial charge is 0.495 e. The summed E-state index contributed by atoms with van der Waals surface area (Å²) in [5.41, 5.74) is 2.01. The summed E-state index contributed by atoms with van der Waals surface area (Å²) in [5, 5.41) is 4.17. The van der Waals surface area contributed by atoms with Crippen molar-refractivity contribution in [2.24, 2.45) is 0 Å². The molecule has 1 heterocycles. The number of methoxy groups -OCH3 is 1. The highest BCUT2D eigenvalue weighted by Crippen LogP contribution is 2.30. The first-order chi connectivity index (χ1) is 7.70. The second kappa shape index (κ2) is 4.53. The highest BCUT2D eigenvalue weighted by Gasteiger charge is 2.06. The molecule has 3 nitrogen and oxygen atoms in total. The van der Waals surface area contributed by atoms with Crippen LogP contribution in [0.2, 0.25) is 0 Å². The molecule has 16 heavy (non-hydrogen) atoms. The summed E-state index contributed by atoms with van der Waals surface area (Å²) in [6.45, 7) is 4.08. The SMILES string of the molecule is COc1ccccc1Nc1nc(C)c(C)s1. The van der Waals surface area contributed by atoms with Crippen LogP contribution in [-0.2, 0) is 0 Å². The van der Waals surface area contributed by atoms with Crippen molar-refractivity contribution in [3.8, 4) is 5.75 Å². The second-order valence-electron chi connectivity index (χ2n) is 3.49. The van der Waals surface area contributed by atoms with E-state index in [1.54, 1.807) is 18.4 Å². The zero-order valence-electron chi connectivity index (χ0n) is 9.57. The van der Waals surface area contributed by atoms with Gasteiger partial charge in [-0.2, -0.15) is 0 Å². The number of benzene rings is 1. The second-order valence-corrected chi connectivity index (χ2v) is 4.69. The van der Waals surface area contributed by atoms with Gasteiger partial charge in [0.05, 0.1) is 18.5 Å². The standard InChI is InChI=1S/C12H14N2OS/c1-8-9(2)16-12(13-8)14-10-6-4-5-7-11(10)15-3/h4-7H,1-3H3,(H,13,14). The number of para-hydroxylation sites is 2. The number of rotatable bonds is 3. The van der Waals surface area contributed by atoms with Crippen LogP contribution in [0.3, 0.4) is 0 Å². The maximum absolute atomic E-state index is 5.27. The topological polar surface area (TPSA) is 34.1 Å². The number of nitrogens with one attached hydrogen (secondary N) is 1. The quantitative estimate of drug-likeness (QED) is 0.882. The molecular formula is C12H14N2OS. The van der Waals surface area contributed by atoms with Gasteiger partial charge in [0.1, 0.15) is 5.75 Å². The maximum Gasteiger partial charge on any atom is 0.187 e. The fraction of sp³-hybridized carbons (Fsp3) is 0.250. The van der Waals surface area contributed by atoms with Crippen molar-refractivity contribution in [2.75, 3.05) is 12.4 Å². The van der Waals surface area contributed by atoms with E-state index in [2.05, 4.69) is 17.2 Å². The van der Waals surface area contributed by atoms with Gasteiger partial charge in [0.15, 0.2) is 5.13 Å². The lowest BCUT2D eigenvalue weighted by Gasteiger charge is -2.07. The number of hydrogen-bond donors (Lipinski definition) is 1. The molecule has 84 valence electrons. The molecule has 0 aliphatic carbocycles. The molecule has 2 aromatic rings. The van der Waals surface area contributed by atoms with E-state index in [0.29, 0.717) is 0 Å². The fourth-order valence-electron chi connectivity index (χ4n) is 1.39. The number of aryl methyl sites for hydroxylation is 2. The Kier molecular flexibility index (Phi) is 3.10. The van der Waals surface area contributed by atoms with Gasteiger partial charge in [-0.1, -0.05) is 12.1 Å². The molecule has 1 N–H and O–H groups in total. The van der Waals surface area contributed by atoms with Gasteiger partial charge in [-0.3, -0.25) is 0 Å². The van der Waals surface area contributed by atoms with Crippen molar-refractivity contribution >= 4 is 22.2 Å². The van der Waals surface area contributed by atoms with Crippen LogP contribution in [0.5, 0.6) is 5.75 Å². The summed E-state index contributed by atoms with van der Waals surface area (Å²) in [6, 6.07) is 7.82. The van der Waals surface area contributed by atoms with E-state index >= 15 is 0 Å². The summed E-state index contributed by atoms with van der Waals surface area (Å²) >= 11 is 1.65. The molecule has 0 saturated carbocycles. The summed E-state index contributed by atoms with van der Waals surface area (Å²) < 4.78 is 5.27. The van der Waals surface area contributed by atoms with Crippen LogP contribution in [0.15, 0.2) is 24.3 Å². The van der Waals surface area contributed by atoms with E-state index in [4.69, 9.17) is 4.74 Å². The van der Waals surface area contributed by atoms with Gasteiger partial charge in [0, 0.05) is 4.88 Å². The zero-order chi connectivity index (χ0) is 11.5. The van der Waals surface area contributed by atoms with E-state index in [0.717, 1.165) is 22.3 Å². The Labute approximate surface area is 99.1 Å². The third-order valence-electron chi connectivity index (χ3n) is 2.38. The monoisotopic (exact) mass is 234 g/mol. The number of aromatic nitrogens is 1. The van der Waals surface area contributed by atoms with Gasteiger partial charge in [0.25, 0.3) is 0 Å². The Bertz CT molecular complexity index is 474. The van der Waals surface area contributed by atoms with Gasteiger partial charge in [-0.15, -0.1) is 11.3 Å². The lowest BCUT2D eigenvalue weighted by atomic mass is 10.3. The predicted molar refractivity (Wildman–Crippen MR) is 67.9 cm³/mol. The summed E-state index contributed by atoms with van der Waals surface area (Å²) in [7, 11) is 1.67. The lowest BCUT2D eigenvalue weighted by Crippen LogP contribution is -1.93. The van der Waals surface area contributed by atoms with E-state index in [1.807, 2.05) is 31.2 Å². The average molecular weight is 234 g/mol. The first kappa shape index (κ1) is 11.0. The van der Waals surface area contributed by atoms with Gasteiger partial charge in [0.2, 0.25) is 0 Å². The molecule has 0 aliphatic heterocycles. The van der Waals surface area contributed by atoms with Crippen LogP contribution < -0.4 is 10.1 Å². The predicted octanol–water partition coefficient (Wildman–Crippen LogP) is 3.51. The molecule has 0 spiro atoms. The minimum absolute atomic E-state index is 0.827. The van der Waals surface area contributed by atoms with Crippen molar-refractivity contribution in [1.29, 1.82) is 0 Å². The Hall–Kier alpha value is -1.55. The van der Waals surface area contributed by atoms with Gasteiger partial charge < -0.3 is 10.1 Å². The van der Waals surface area contributed by atoms with E-state index in [-0.39, 0.29) is 0 Å². The molecule has 0 fully saturated rings. The smallest absolute Gasteiger partial charge is 0.187 e. The van der Waals surface area contributed by atoms with Crippen molar-refractivity contribution in [2.45, 2.75) is 13.8 Å². The zero-order valence-corrected chi connectivity index (χ0v) is 10.4. The summed E-state index contributed by atoms with van der Waals surface area (Å²) in [4.78, 5) is 5.67. The third kappa shape index (κ3) is 2.17. The number of nitrogens with zero attached hydrogens (tertiary/aromatic N) is 1. The summed E-state index contributed by atoms with van der Waals surface area (Å²) in [5.74, 6) is 0.827. The minimum Gasteiger partial charge on any atom is -0.495 e. The lowest BCUT2D eigenvalue weighted by molar-refractivity contribution is 0.417. The molecule has 0 unspecified atom stereocenters. The van der Waals surface area contributed by atoms with Crippen LogP contribution in [0, 0.1) is 13.8 Å². The van der Waals surface area contributed by atoms with Gasteiger partial charge in [-0.25, -0.2) is 4.98 Å². The first-order valence-electron chi connectivity index (χ1n) is 5.05. The molecular weight excluding hydrogens is 220 g/mol. The molecule has 1 aromatic heterocycles. The molecule has 2 rings (SSSR count). The average Bonchev–Trinajstić information content (AvgIpc) is 2.59. The number of anilines is 2. The molecule has 1 aromatic carbocycles. The molecule has 0 saturated heterocycles. The Morgan fingerprint density at radius 3 is 2.62 bits per heavy atom. The molecule has 0 aliphatic rings. The van der Waals surface area contributed by atoms with Crippen LogP contribution in [-0.4, -0.2) is 12.1 Å². The highest BCUT2D eigenvalue weighted by atomic mass is 32.1. The van der Waals surface area contributed by atoms with E-state index in [9.17, 15) is 0 Å². The Morgan fingerprint density at radius 2 is 2.00 bits per heavy atom. The maximum atomic E-state index is 5.27. The molecule has 0 amide bonds. The Morgan fingerprint density at radius 1 is 1.25 bits per heavy atom. The van der Waals surface area contributed by atoms with Crippen molar-refractivity contribution in [3.05, 3.63) is 34.8 Å². The third-order valence-corrected chi connectivity index (χ3v) is 3.37. The number of thiazole rings is 1. The van der Waals surface area contributed by atoms with Gasteiger partial charge >= 0.3 is 0 Å². The van der Waals surface area contributed by atoms with Crippen LogP contribution in [0.4, 0.5) is 10.8 Å². The molecule has 0 atom stereocenters. The number of ether oxygens (including phenoxy) is 1. The Balaban J connectivity index is 2.26. The first-order valence-corrected chi connectivity index (χ1v) is 5.86. The molecule has 0 radical (unpaired) electrons. The molecule has 0 bridgehead atoms. The van der Waals surface area contributed by atoms with Crippen molar-refractivity contribution < 1.29 is 4.74 Å². The highest BCUT2D eigenvalue weighted by molar-refractivity contribution is 7.15. The minimum atomic E-state index is 0.827. The van der Waals surface area contributed by atoms with Crippen molar-refractivity contribution in [3.63, 3.8) is 0 Å². The number of hydrogen-bond acceptors (Lipinski definition) is 4.